The van der Waals surface area contributed by atoms with Gasteiger partial charge in [0.2, 0.25) is 10.0 Å². The first-order valence-corrected chi connectivity index (χ1v) is 6.13. The number of aliphatic hydroxyl groups excluding tert-OH is 1. The highest BCUT2D eigenvalue weighted by Crippen LogP contribution is 2.06. The molecule has 4 nitrogen and oxygen atoms in total. The van der Waals surface area contributed by atoms with Crippen LogP contribution in [-0.2, 0) is 10.0 Å². The van der Waals surface area contributed by atoms with E-state index in [9.17, 15) is 8.42 Å². The summed E-state index contributed by atoms with van der Waals surface area (Å²) in [4.78, 5) is 0. The van der Waals surface area contributed by atoms with Gasteiger partial charge in [-0.25, -0.2) is 8.42 Å². The first-order valence-electron chi connectivity index (χ1n) is 4.52. The average molecular weight is 209 g/mol. The maximum atomic E-state index is 11.6. The molecule has 0 aromatic carbocycles. The van der Waals surface area contributed by atoms with Gasteiger partial charge < -0.3 is 5.11 Å². The Bertz CT molecular complexity index is 224. The van der Waals surface area contributed by atoms with Gasteiger partial charge in [0, 0.05) is 13.1 Å². The van der Waals surface area contributed by atoms with Crippen molar-refractivity contribution in [2.75, 3.05) is 25.4 Å². The van der Waals surface area contributed by atoms with E-state index >= 15 is 0 Å². The standard InChI is InChI=1S/C8H19NO3S/c1-4-9(5-6-10)13(11,12)7-8(2)3/h8,10H,4-7H2,1-3H3. The quantitative estimate of drug-likeness (QED) is 0.684. The lowest BCUT2D eigenvalue weighted by molar-refractivity contribution is 0.256. The number of rotatable bonds is 6. The molecule has 80 valence electrons. The summed E-state index contributed by atoms with van der Waals surface area (Å²) in [5.74, 6) is 0.277. The van der Waals surface area contributed by atoms with E-state index in [2.05, 4.69) is 0 Å². The number of aliphatic hydroxyl groups is 1. The molecule has 0 bridgehead atoms. The zero-order chi connectivity index (χ0) is 10.5. The Kier molecular flexibility index (Phi) is 5.51. The van der Waals surface area contributed by atoms with E-state index in [0.717, 1.165) is 0 Å². The Labute approximate surface area is 80.6 Å². The van der Waals surface area contributed by atoms with Gasteiger partial charge >= 0.3 is 0 Å². The third-order valence-corrected chi connectivity index (χ3v) is 3.95. The Hall–Kier alpha value is -0.130. The predicted octanol–water partition coefficient (Wildman–Crippen LogP) is 0.286. The van der Waals surface area contributed by atoms with E-state index in [1.807, 2.05) is 13.8 Å². The highest BCUT2D eigenvalue weighted by Gasteiger charge is 2.20. The lowest BCUT2D eigenvalue weighted by Gasteiger charge is -2.20. The molecule has 0 saturated carbocycles. The topological polar surface area (TPSA) is 57.6 Å². The fourth-order valence-corrected chi connectivity index (χ4v) is 2.94. The molecule has 0 rings (SSSR count). The SMILES string of the molecule is CCN(CCO)S(=O)(=O)CC(C)C. The second-order valence-electron chi connectivity index (χ2n) is 3.39. The summed E-state index contributed by atoms with van der Waals surface area (Å²) in [6.07, 6.45) is 0. The Morgan fingerprint density at radius 1 is 1.38 bits per heavy atom. The van der Waals surface area contributed by atoms with Gasteiger partial charge in [-0.15, -0.1) is 0 Å². The zero-order valence-corrected chi connectivity index (χ0v) is 9.34. The molecule has 0 aliphatic carbocycles. The van der Waals surface area contributed by atoms with Crippen molar-refractivity contribution >= 4 is 10.0 Å². The average Bonchev–Trinajstić information content (AvgIpc) is 1.97. The second kappa shape index (κ2) is 5.57. The summed E-state index contributed by atoms with van der Waals surface area (Å²) in [5.41, 5.74) is 0. The second-order valence-corrected chi connectivity index (χ2v) is 5.40. The van der Waals surface area contributed by atoms with Crippen LogP contribution in [0, 0.1) is 5.92 Å². The highest BCUT2D eigenvalue weighted by molar-refractivity contribution is 7.89. The van der Waals surface area contributed by atoms with Crippen molar-refractivity contribution in [3.63, 3.8) is 0 Å². The van der Waals surface area contributed by atoms with Gasteiger partial charge in [-0.3, -0.25) is 0 Å². The molecule has 5 heteroatoms. The Morgan fingerprint density at radius 3 is 2.23 bits per heavy atom. The summed E-state index contributed by atoms with van der Waals surface area (Å²) >= 11 is 0. The molecule has 13 heavy (non-hydrogen) atoms. The van der Waals surface area contributed by atoms with E-state index in [1.165, 1.54) is 4.31 Å². The molecule has 0 fully saturated rings. The van der Waals surface area contributed by atoms with Crippen LogP contribution in [0.5, 0.6) is 0 Å². The van der Waals surface area contributed by atoms with Gasteiger partial charge in [0.1, 0.15) is 0 Å². The normalized spacial score (nSPS) is 12.8. The fraction of sp³-hybridized carbons (Fsp3) is 1.00. The monoisotopic (exact) mass is 209 g/mol. The third kappa shape index (κ3) is 4.59. The van der Waals surface area contributed by atoms with Crippen LogP contribution in [0.25, 0.3) is 0 Å². The molecule has 0 aliphatic rings. The largest absolute Gasteiger partial charge is 0.395 e. The molecule has 0 heterocycles. The van der Waals surface area contributed by atoms with Crippen molar-refractivity contribution in [3.8, 4) is 0 Å². The van der Waals surface area contributed by atoms with Crippen LogP contribution >= 0.6 is 0 Å². The molecule has 0 radical (unpaired) electrons. The van der Waals surface area contributed by atoms with E-state index in [4.69, 9.17) is 5.11 Å². The molecule has 0 aliphatic heterocycles. The molecule has 0 aromatic heterocycles. The van der Waals surface area contributed by atoms with E-state index in [-0.39, 0.29) is 24.8 Å². The lowest BCUT2D eigenvalue weighted by atomic mass is 10.3. The van der Waals surface area contributed by atoms with E-state index in [1.54, 1.807) is 6.92 Å². The van der Waals surface area contributed by atoms with E-state index < -0.39 is 10.0 Å². The van der Waals surface area contributed by atoms with Gasteiger partial charge in [-0.2, -0.15) is 4.31 Å². The fourth-order valence-electron chi connectivity index (χ4n) is 1.13. The number of sulfonamides is 1. The highest BCUT2D eigenvalue weighted by atomic mass is 32.2. The minimum Gasteiger partial charge on any atom is -0.395 e. The van der Waals surface area contributed by atoms with Gasteiger partial charge in [0.05, 0.1) is 12.4 Å². The Balaban J connectivity index is 4.39. The molecule has 0 aromatic rings. The molecular formula is C8H19NO3S. The first-order chi connectivity index (χ1) is 5.94. The van der Waals surface area contributed by atoms with E-state index in [0.29, 0.717) is 6.54 Å². The molecular weight excluding hydrogens is 190 g/mol. The van der Waals surface area contributed by atoms with Crippen LogP contribution in [0.3, 0.4) is 0 Å². The maximum absolute atomic E-state index is 11.6. The summed E-state index contributed by atoms with van der Waals surface area (Å²) in [6, 6.07) is 0. The van der Waals surface area contributed by atoms with Gasteiger partial charge in [0.25, 0.3) is 0 Å². The molecule has 0 unspecified atom stereocenters. The molecule has 0 amide bonds. The summed E-state index contributed by atoms with van der Waals surface area (Å²) < 4.78 is 24.5. The number of hydrogen-bond donors (Lipinski definition) is 1. The van der Waals surface area contributed by atoms with Crippen molar-refractivity contribution in [1.29, 1.82) is 0 Å². The number of likely N-dealkylation sites (N-methyl/N-ethyl adjacent to an activating group) is 1. The minimum absolute atomic E-state index is 0.120. The van der Waals surface area contributed by atoms with Crippen LogP contribution in [0.1, 0.15) is 20.8 Å². The lowest BCUT2D eigenvalue weighted by Crippen LogP contribution is -2.36. The minimum atomic E-state index is -3.16. The predicted molar refractivity (Wildman–Crippen MR) is 53.0 cm³/mol. The van der Waals surface area contributed by atoms with Crippen LogP contribution in [0.15, 0.2) is 0 Å². The smallest absolute Gasteiger partial charge is 0.214 e. The maximum Gasteiger partial charge on any atom is 0.214 e. The number of nitrogens with zero attached hydrogens (tertiary/aromatic N) is 1. The summed E-state index contributed by atoms with van der Waals surface area (Å²) in [5, 5.41) is 8.66. The zero-order valence-electron chi connectivity index (χ0n) is 8.52. The molecule has 0 saturated heterocycles. The molecule has 0 atom stereocenters. The molecule has 1 N–H and O–H groups in total. The van der Waals surface area contributed by atoms with Crippen LogP contribution in [-0.4, -0.2) is 43.3 Å². The van der Waals surface area contributed by atoms with Crippen molar-refractivity contribution in [2.24, 2.45) is 5.92 Å². The van der Waals surface area contributed by atoms with Crippen LogP contribution in [0.2, 0.25) is 0 Å². The van der Waals surface area contributed by atoms with Gasteiger partial charge in [0.15, 0.2) is 0 Å². The van der Waals surface area contributed by atoms with Crippen molar-refractivity contribution in [1.82, 2.24) is 4.31 Å². The van der Waals surface area contributed by atoms with Gasteiger partial charge in [-0.05, 0) is 5.92 Å². The van der Waals surface area contributed by atoms with Gasteiger partial charge in [-0.1, -0.05) is 20.8 Å². The van der Waals surface area contributed by atoms with Crippen LogP contribution < -0.4 is 0 Å². The van der Waals surface area contributed by atoms with Crippen molar-refractivity contribution < 1.29 is 13.5 Å². The summed E-state index contributed by atoms with van der Waals surface area (Å²) in [6.45, 7) is 6.01. The number of hydrogen-bond acceptors (Lipinski definition) is 3. The third-order valence-electron chi connectivity index (χ3n) is 1.64. The Morgan fingerprint density at radius 2 is 1.92 bits per heavy atom. The summed E-state index contributed by atoms with van der Waals surface area (Å²) in [7, 11) is -3.16. The van der Waals surface area contributed by atoms with Crippen molar-refractivity contribution in [3.05, 3.63) is 0 Å². The van der Waals surface area contributed by atoms with Crippen molar-refractivity contribution in [2.45, 2.75) is 20.8 Å². The first kappa shape index (κ1) is 12.9. The molecule has 0 spiro atoms. The van der Waals surface area contributed by atoms with Crippen LogP contribution in [0.4, 0.5) is 0 Å².